The van der Waals surface area contributed by atoms with E-state index in [4.69, 9.17) is 0 Å². The van der Waals surface area contributed by atoms with E-state index in [0.29, 0.717) is 24.7 Å². The van der Waals surface area contributed by atoms with Gasteiger partial charge in [-0.3, -0.25) is 19.6 Å². The third-order valence-corrected chi connectivity index (χ3v) is 5.07. The summed E-state index contributed by atoms with van der Waals surface area (Å²) in [6.07, 6.45) is 0.174. The van der Waals surface area contributed by atoms with Gasteiger partial charge in [0.15, 0.2) is 5.82 Å². The van der Waals surface area contributed by atoms with Gasteiger partial charge in [-0.15, -0.1) is 0 Å². The minimum absolute atomic E-state index is 0.0962. The second-order valence-corrected chi connectivity index (χ2v) is 6.92. The zero-order chi connectivity index (χ0) is 19.1. The first kappa shape index (κ1) is 16.5. The highest BCUT2D eigenvalue weighted by Crippen LogP contribution is 2.29. The zero-order valence-electron chi connectivity index (χ0n) is 15.0. The van der Waals surface area contributed by atoms with Crippen molar-refractivity contribution in [1.82, 2.24) is 25.5 Å². The molecular weight excluding hydrogens is 356 g/mol. The largest absolute Gasteiger partial charge is 0.349 e. The van der Waals surface area contributed by atoms with Gasteiger partial charge in [-0.25, -0.2) is 4.98 Å². The van der Waals surface area contributed by atoms with Crippen LogP contribution in [0.2, 0.25) is 0 Å². The molecule has 1 aliphatic heterocycles. The molecule has 2 aromatic heterocycles. The highest BCUT2D eigenvalue weighted by atomic mass is 16.2. The van der Waals surface area contributed by atoms with Crippen molar-refractivity contribution in [1.29, 1.82) is 0 Å². The maximum absolute atomic E-state index is 12.6. The van der Waals surface area contributed by atoms with Crippen molar-refractivity contribution in [2.75, 3.05) is 11.4 Å². The molecule has 1 aliphatic rings. The van der Waals surface area contributed by atoms with Gasteiger partial charge in [0.1, 0.15) is 5.82 Å². The molecule has 0 saturated carbocycles. The lowest BCUT2D eigenvalue weighted by molar-refractivity contribution is -0.126. The number of aromatic nitrogens is 4. The van der Waals surface area contributed by atoms with Crippen LogP contribution in [0.15, 0.2) is 48.5 Å². The number of nitrogens with zero attached hydrogens (tertiary/aromatic N) is 3. The van der Waals surface area contributed by atoms with Crippen molar-refractivity contribution >= 4 is 39.6 Å². The first-order valence-electron chi connectivity index (χ1n) is 9.14. The summed E-state index contributed by atoms with van der Waals surface area (Å²) in [5.41, 5.74) is 2.65. The average molecular weight is 374 g/mol. The van der Waals surface area contributed by atoms with Gasteiger partial charge in [-0.05, 0) is 24.3 Å². The molecule has 0 aliphatic carbocycles. The second-order valence-electron chi connectivity index (χ2n) is 6.92. The molecule has 1 atom stereocenters. The monoisotopic (exact) mass is 374 g/mol. The van der Waals surface area contributed by atoms with Gasteiger partial charge in [0.05, 0.1) is 29.0 Å². The number of aromatic amines is 2. The molecule has 8 nitrogen and oxygen atoms in total. The van der Waals surface area contributed by atoms with E-state index in [-0.39, 0.29) is 18.2 Å². The summed E-state index contributed by atoms with van der Waals surface area (Å²) in [6, 6.07) is 15.3. The molecule has 5 rings (SSSR count). The number of imidazole rings is 1. The van der Waals surface area contributed by atoms with Gasteiger partial charge < -0.3 is 10.3 Å². The molecular formula is C20H18N6O2. The third-order valence-electron chi connectivity index (χ3n) is 5.07. The van der Waals surface area contributed by atoms with Crippen LogP contribution in [0.1, 0.15) is 12.2 Å². The SMILES string of the molecule is O=C(NCc1nc2ccccc2[nH]1)[C@H]1CC(=O)N(c2n[nH]c3ccccc23)C1. The molecule has 8 heteroatoms. The number of carbonyl (C=O) groups excluding carboxylic acids is 2. The predicted octanol–water partition coefficient (Wildman–Crippen LogP) is 2.11. The Labute approximate surface area is 159 Å². The molecule has 1 saturated heterocycles. The summed E-state index contributed by atoms with van der Waals surface area (Å²) in [6.45, 7) is 0.614. The smallest absolute Gasteiger partial charge is 0.229 e. The van der Waals surface area contributed by atoms with Gasteiger partial charge in [0.25, 0.3) is 0 Å². The van der Waals surface area contributed by atoms with E-state index in [0.717, 1.165) is 21.9 Å². The fourth-order valence-electron chi connectivity index (χ4n) is 3.65. The molecule has 0 unspecified atom stereocenters. The standard InChI is InChI=1S/C20H18N6O2/c27-18-9-12(11-26(18)19-13-5-1-2-6-14(13)24-25-19)20(28)21-10-17-22-15-7-3-4-8-16(15)23-17/h1-8,12H,9-11H2,(H,21,28)(H,22,23)(H,24,25)/t12-/m0/s1. The van der Waals surface area contributed by atoms with E-state index in [1.165, 1.54) is 0 Å². The van der Waals surface area contributed by atoms with Crippen LogP contribution in [-0.4, -0.2) is 38.5 Å². The summed E-state index contributed by atoms with van der Waals surface area (Å²) in [4.78, 5) is 34.3. The Morgan fingerprint density at radius 2 is 1.93 bits per heavy atom. The van der Waals surface area contributed by atoms with E-state index in [2.05, 4.69) is 25.5 Å². The molecule has 28 heavy (non-hydrogen) atoms. The number of anilines is 1. The van der Waals surface area contributed by atoms with Crippen molar-refractivity contribution < 1.29 is 9.59 Å². The van der Waals surface area contributed by atoms with Crippen molar-refractivity contribution in [2.45, 2.75) is 13.0 Å². The molecule has 3 N–H and O–H groups in total. The maximum Gasteiger partial charge on any atom is 0.229 e. The molecule has 2 aromatic carbocycles. The number of benzene rings is 2. The Bertz CT molecular complexity index is 1160. The first-order chi connectivity index (χ1) is 13.7. The lowest BCUT2D eigenvalue weighted by atomic mass is 10.1. The molecule has 0 bridgehead atoms. The Morgan fingerprint density at radius 1 is 1.14 bits per heavy atom. The highest BCUT2D eigenvalue weighted by Gasteiger charge is 2.36. The van der Waals surface area contributed by atoms with Crippen LogP contribution in [0.4, 0.5) is 5.82 Å². The van der Waals surface area contributed by atoms with Crippen LogP contribution in [-0.2, 0) is 16.1 Å². The number of rotatable bonds is 4. The van der Waals surface area contributed by atoms with E-state index >= 15 is 0 Å². The minimum atomic E-state index is -0.410. The van der Waals surface area contributed by atoms with Gasteiger partial charge in [-0.2, -0.15) is 5.10 Å². The van der Waals surface area contributed by atoms with Crippen molar-refractivity contribution in [3.05, 3.63) is 54.4 Å². The first-order valence-corrected chi connectivity index (χ1v) is 9.14. The number of amides is 2. The fourth-order valence-corrected chi connectivity index (χ4v) is 3.65. The van der Waals surface area contributed by atoms with Gasteiger partial charge in [0, 0.05) is 18.4 Å². The topological polar surface area (TPSA) is 107 Å². The van der Waals surface area contributed by atoms with E-state index in [1.807, 2.05) is 48.5 Å². The van der Waals surface area contributed by atoms with E-state index in [1.54, 1.807) is 4.90 Å². The summed E-state index contributed by atoms with van der Waals surface area (Å²) >= 11 is 0. The Hall–Kier alpha value is -3.68. The van der Waals surface area contributed by atoms with Crippen LogP contribution < -0.4 is 10.2 Å². The quantitative estimate of drug-likeness (QED) is 0.508. The average Bonchev–Trinajstić information content (AvgIpc) is 3.41. The lowest BCUT2D eigenvalue weighted by Crippen LogP contribution is -2.33. The van der Waals surface area contributed by atoms with Crippen LogP contribution in [0.5, 0.6) is 0 Å². The van der Waals surface area contributed by atoms with Crippen LogP contribution in [0.3, 0.4) is 0 Å². The molecule has 1 fully saturated rings. The zero-order valence-corrected chi connectivity index (χ0v) is 15.0. The van der Waals surface area contributed by atoms with Crippen LogP contribution in [0.25, 0.3) is 21.9 Å². The van der Waals surface area contributed by atoms with Crippen LogP contribution in [0, 0.1) is 5.92 Å². The lowest BCUT2D eigenvalue weighted by Gasteiger charge is -2.14. The minimum Gasteiger partial charge on any atom is -0.349 e. The second kappa shape index (κ2) is 6.49. The van der Waals surface area contributed by atoms with E-state index in [9.17, 15) is 9.59 Å². The van der Waals surface area contributed by atoms with Crippen molar-refractivity contribution in [3.63, 3.8) is 0 Å². The maximum atomic E-state index is 12.6. The van der Waals surface area contributed by atoms with Crippen molar-refractivity contribution in [2.24, 2.45) is 5.92 Å². The number of fused-ring (bicyclic) bond motifs is 2. The van der Waals surface area contributed by atoms with Gasteiger partial charge in [0.2, 0.25) is 11.8 Å². The third kappa shape index (κ3) is 2.79. The predicted molar refractivity (Wildman–Crippen MR) is 104 cm³/mol. The molecule has 0 radical (unpaired) electrons. The Kier molecular flexibility index (Phi) is 3.82. The summed E-state index contributed by atoms with van der Waals surface area (Å²) in [5, 5.41) is 11.0. The van der Waals surface area contributed by atoms with Crippen molar-refractivity contribution in [3.8, 4) is 0 Å². The Balaban J connectivity index is 1.28. The molecule has 0 spiro atoms. The van der Waals surface area contributed by atoms with E-state index < -0.39 is 5.92 Å². The molecule has 4 aromatic rings. The summed E-state index contributed by atoms with van der Waals surface area (Å²) < 4.78 is 0. The Morgan fingerprint density at radius 3 is 2.79 bits per heavy atom. The number of H-pyrrole nitrogens is 2. The van der Waals surface area contributed by atoms with Crippen LogP contribution >= 0.6 is 0 Å². The fraction of sp³-hybridized carbons (Fsp3) is 0.200. The summed E-state index contributed by atoms with van der Waals surface area (Å²) in [7, 11) is 0. The normalized spacial score (nSPS) is 16.9. The number of carbonyl (C=O) groups is 2. The van der Waals surface area contributed by atoms with Gasteiger partial charge >= 0.3 is 0 Å². The summed E-state index contributed by atoms with van der Waals surface area (Å²) in [5.74, 6) is 0.604. The number of para-hydroxylation sites is 3. The molecule has 2 amide bonds. The number of nitrogens with one attached hydrogen (secondary N) is 3. The highest BCUT2D eigenvalue weighted by molar-refractivity contribution is 6.05. The number of hydrogen-bond acceptors (Lipinski definition) is 4. The molecule has 140 valence electrons. The number of hydrogen-bond donors (Lipinski definition) is 3. The molecule has 3 heterocycles. The van der Waals surface area contributed by atoms with Gasteiger partial charge in [-0.1, -0.05) is 24.3 Å².